The summed E-state index contributed by atoms with van der Waals surface area (Å²) in [5, 5.41) is 9.03. The molecule has 0 unspecified atom stereocenters. The number of thioether (sulfide) groups is 1. The zero-order valence-electron chi connectivity index (χ0n) is 8.66. The number of aryl methyl sites for hydroxylation is 1. The first-order valence-corrected chi connectivity index (χ1v) is 5.50. The molecule has 0 aliphatic carbocycles. The van der Waals surface area contributed by atoms with E-state index in [1.165, 1.54) is 0 Å². The van der Waals surface area contributed by atoms with Crippen LogP contribution in [0.4, 0.5) is 0 Å². The van der Waals surface area contributed by atoms with Crippen molar-refractivity contribution in [3.8, 4) is 0 Å². The van der Waals surface area contributed by atoms with Gasteiger partial charge in [0.05, 0.1) is 0 Å². The van der Waals surface area contributed by atoms with Crippen molar-refractivity contribution in [3.63, 3.8) is 0 Å². The summed E-state index contributed by atoms with van der Waals surface area (Å²) in [6.45, 7) is 9.18. The minimum Gasteiger partial charge on any atom is -0.329 e. The quantitative estimate of drug-likeness (QED) is 0.589. The molecule has 14 heavy (non-hydrogen) atoms. The van der Waals surface area contributed by atoms with Crippen molar-refractivity contribution in [1.29, 1.82) is 0 Å². The highest BCUT2D eigenvalue weighted by atomic mass is 32.2. The summed E-state index contributed by atoms with van der Waals surface area (Å²) in [7, 11) is 0. The van der Waals surface area contributed by atoms with E-state index in [4.69, 9.17) is 5.73 Å². The van der Waals surface area contributed by atoms with Crippen molar-refractivity contribution in [3.05, 3.63) is 18.0 Å². The Hall–Kier alpha value is -0.810. The first-order valence-electron chi connectivity index (χ1n) is 4.52. The van der Waals surface area contributed by atoms with Crippen LogP contribution in [-0.4, -0.2) is 27.1 Å². The number of aromatic nitrogens is 3. The van der Waals surface area contributed by atoms with E-state index in [1.807, 2.05) is 18.4 Å². The molecule has 0 radical (unpaired) electrons. The Labute approximate surface area is 88.6 Å². The second-order valence-corrected chi connectivity index (χ2v) is 4.16. The third-order valence-corrected chi connectivity index (χ3v) is 2.90. The molecule has 0 fully saturated rings. The molecule has 0 bridgehead atoms. The van der Waals surface area contributed by atoms with Crippen LogP contribution in [0.15, 0.2) is 17.3 Å². The summed E-state index contributed by atoms with van der Waals surface area (Å²) in [4.78, 5) is 0. The highest BCUT2D eigenvalue weighted by Crippen LogP contribution is 2.18. The van der Waals surface area contributed by atoms with E-state index in [9.17, 15) is 0 Å². The van der Waals surface area contributed by atoms with E-state index >= 15 is 0 Å². The smallest absolute Gasteiger partial charge is 0.191 e. The average molecular weight is 212 g/mol. The predicted molar refractivity (Wildman–Crippen MR) is 59.4 cm³/mol. The molecule has 78 valence electrons. The van der Waals surface area contributed by atoms with Crippen LogP contribution < -0.4 is 5.73 Å². The van der Waals surface area contributed by atoms with Crippen LogP contribution in [-0.2, 0) is 6.54 Å². The summed E-state index contributed by atoms with van der Waals surface area (Å²) in [6, 6.07) is 0. The van der Waals surface area contributed by atoms with Crippen LogP contribution >= 0.6 is 11.8 Å². The van der Waals surface area contributed by atoms with Crippen molar-refractivity contribution in [2.24, 2.45) is 5.73 Å². The van der Waals surface area contributed by atoms with E-state index in [1.54, 1.807) is 11.8 Å². The van der Waals surface area contributed by atoms with Gasteiger partial charge in [0, 0.05) is 18.8 Å². The molecule has 0 saturated carbocycles. The second-order valence-electron chi connectivity index (χ2n) is 3.22. The zero-order chi connectivity index (χ0) is 10.6. The number of rotatable bonds is 5. The molecule has 0 atom stereocenters. The van der Waals surface area contributed by atoms with E-state index in [-0.39, 0.29) is 0 Å². The molecular formula is C9H16N4S. The van der Waals surface area contributed by atoms with Crippen molar-refractivity contribution in [2.75, 3.05) is 12.3 Å². The van der Waals surface area contributed by atoms with Gasteiger partial charge in [0.2, 0.25) is 0 Å². The maximum atomic E-state index is 5.51. The van der Waals surface area contributed by atoms with Gasteiger partial charge in [0.1, 0.15) is 5.82 Å². The van der Waals surface area contributed by atoms with Crippen LogP contribution in [0.5, 0.6) is 0 Å². The zero-order valence-corrected chi connectivity index (χ0v) is 9.47. The molecule has 0 amide bonds. The minimum atomic E-state index is 0.611. The van der Waals surface area contributed by atoms with Gasteiger partial charge in [-0.25, -0.2) is 0 Å². The molecule has 1 rings (SSSR count). The molecule has 0 aromatic carbocycles. The Morgan fingerprint density at radius 1 is 1.57 bits per heavy atom. The monoisotopic (exact) mass is 212 g/mol. The van der Waals surface area contributed by atoms with E-state index in [0.29, 0.717) is 6.54 Å². The van der Waals surface area contributed by atoms with Gasteiger partial charge in [-0.1, -0.05) is 23.9 Å². The predicted octanol–water partition coefficient (Wildman–Crippen LogP) is 1.21. The lowest BCUT2D eigenvalue weighted by Crippen LogP contribution is -2.12. The van der Waals surface area contributed by atoms with E-state index < -0.39 is 0 Å². The van der Waals surface area contributed by atoms with Crippen molar-refractivity contribution < 1.29 is 0 Å². The molecule has 0 aliphatic heterocycles. The molecule has 4 nitrogen and oxygen atoms in total. The molecule has 1 aromatic rings. The first-order chi connectivity index (χ1) is 6.65. The fraction of sp³-hybridized carbons (Fsp3) is 0.556. The van der Waals surface area contributed by atoms with E-state index in [2.05, 4.69) is 16.8 Å². The largest absolute Gasteiger partial charge is 0.329 e. The van der Waals surface area contributed by atoms with Crippen molar-refractivity contribution in [2.45, 2.75) is 25.5 Å². The number of nitrogens with two attached hydrogens (primary N) is 1. The van der Waals surface area contributed by atoms with Crippen LogP contribution in [0.3, 0.4) is 0 Å². The standard InChI is InChI=1S/C9H16N4S/c1-7(2)6-14-9-12-11-8(3)13(9)5-4-10/h1,4-6,10H2,2-3H3. The molecule has 2 N–H and O–H groups in total. The third-order valence-electron chi connectivity index (χ3n) is 1.70. The van der Waals surface area contributed by atoms with Gasteiger partial charge in [0.15, 0.2) is 5.16 Å². The van der Waals surface area contributed by atoms with Gasteiger partial charge >= 0.3 is 0 Å². The first kappa shape index (κ1) is 11.3. The third kappa shape index (κ3) is 2.85. The lowest BCUT2D eigenvalue weighted by Gasteiger charge is -2.05. The van der Waals surface area contributed by atoms with Gasteiger partial charge < -0.3 is 10.3 Å². The normalized spacial score (nSPS) is 10.5. The Balaban J connectivity index is 2.70. The summed E-state index contributed by atoms with van der Waals surface area (Å²) in [5.41, 5.74) is 6.64. The molecule has 0 saturated heterocycles. The van der Waals surface area contributed by atoms with Gasteiger partial charge in [-0.2, -0.15) is 0 Å². The number of hydrogen-bond donors (Lipinski definition) is 1. The van der Waals surface area contributed by atoms with Gasteiger partial charge in [-0.05, 0) is 13.8 Å². The second kappa shape index (κ2) is 5.17. The van der Waals surface area contributed by atoms with Gasteiger partial charge in [-0.15, -0.1) is 10.2 Å². The maximum Gasteiger partial charge on any atom is 0.191 e. The Morgan fingerprint density at radius 2 is 2.29 bits per heavy atom. The van der Waals surface area contributed by atoms with E-state index in [0.717, 1.165) is 28.9 Å². The van der Waals surface area contributed by atoms with Crippen LogP contribution in [0.1, 0.15) is 12.7 Å². The molecular weight excluding hydrogens is 196 g/mol. The molecule has 1 heterocycles. The molecule has 1 aromatic heterocycles. The van der Waals surface area contributed by atoms with Crippen LogP contribution in [0, 0.1) is 6.92 Å². The van der Waals surface area contributed by atoms with Crippen molar-refractivity contribution >= 4 is 11.8 Å². The molecule has 0 spiro atoms. The maximum absolute atomic E-state index is 5.51. The van der Waals surface area contributed by atoms with Gasteiger partial charge in [0.25, 0.3) is 0 Å². The molecule has 0 aliphatic rings. The summed E-state index contributed by atoms with van der Waals surface area (Å²) >= 11 is 1.65. The molecule has 5 heteroatoms. The summed E-state index contributed by atoms with van der Waals surface area (Å²) < 4.78 is 2.04. The Kier molecular flexibility index (Phi) is 4.16. The fourth-order valence-corrected chi connectivity index (χ4v) is 1.90. The average Bonchev–Trinajstić information content (AvgIpc) is 2.46. The lowest BCUT2D eigenvalue weighted by atomic mass is 10.4. The Morgan fingerprint density at radius 3 is 2.86 bits per heavy atom. The van der Waals surface area contributed by atoms with Crippen molar-refractivity contribution in [1.82, 2.24) is 14.8 Å². The number of hydrogen-bond acceptors (Lipinski definition) is 4. The SMILES string of the molecule is C=C(C)CSc1nnc(C)n1CCN. The van der Waals surface area contributed by atoms with Gasteiger partial charge in [-0.3, -0.25) is 0 Å². The topological polar surface area (TPSA) is 56.7 Å². The number of nitrogens with zero attached hydrogens (tertiary/aromatic N) is 3. The summed E-state index contributed by atoms with van der Waals surface area (Å²) in [5.74, 6) is 1.79. The highest BCUT2D eigenvalue weighted by molar-refractivity contribution is 7.99. The van der Waals surface area contributed by atoms with Crippen LogP contribution in [0.2, 0.25) is 0 Å². The Bertz CT molecular complexity index is 319. The fourth-order valence-electron chi connectivity index (χ4n) is 1.04. The lowest BCUT2D eigenvalue weighted by molar-refractivity contribution is 0.628. The van der Waals surface area contributed by atoms with Crippen LogP contribution in [0.25, 0.3) is 0 Å². The minimum absolute atomic E-state index is 0.611. The summed E-state index contributed by atoms with van der Waals surface area (Å²) in [6.07, 6.45) is 0. The highest BCUT2D eigenvalue weighted by Gasteiger charge is 2.07.